The van der Waals surface area contributed by atoms with Gasteiger partial charge in [0.05, 0.1) is 5.56 Å². The van der Waals surface area contributed by atoms with Gasteiger partial charge in [-0.15, -0.1) is 0 Å². The molecule has 0 unspecified atom stereocenters. The average molecular weight is 354 g/mol. The molecule has 0 aromatic carbocycles. The first-order valence-electron chi connectivity index (χ1n) is 7.76. The quantitative estimate of drug-likeness (QED) is 0.842. The van der Waals surface area contributed by atoms with Crippen molar-refractivity contribution in [3.63, 3.8) is 0 Å². The third kappa shape index (κ3) is 4.43. The first-order chi connectivity index (χ1) is 10.1. The molecule has 1 heterocycles. The predicted molar refractivity (Wildman–Crippen MR) is 89.6 cm³/mol. The van der Waals surface area contributed by atoms with E-state index in [1.807, 2.05) is 18.0 Å². The van der Waals surface area contributed by atoms with Gasteiger partial charge in [-0.25, -0.2) is 4.98 Å². The summed E-state index contributed by atoms with van der Waals surface area (Å²) >= 11 is 3.41. The lowest BCUT2D eigenvalue weighted by Crippen LogP contribution is -2.32. The van der Waals surface area contributed by atoms with Crippen molar-refractivity contribution in [1.29, 1.82) is 0 Å². The number of nitrogens with zero attached hydrogens (tertiary/aromatic N) is 2. The fourth-order valence-corrected chi connectivity index (χ4v) is 3.19. The molecule has 0 atom stereocenters. The van der Waals surface area contributed by atoms with Gasteiger partial charge in [0, 0.05) is 30.8 Å². The molecular formula is C16H24BrN3O. The molecule has 0 spiro atoms. The number of anilines is 1. The van der Waals surface area contributed by atoms with Gasteiger partial charge in [0.2, 0.25) is 0 Å². The summed E-state index contributed by atoms with van der Waals surface area (Å²) in [5, 5.41) is 3.24. The number of halogens is 1. The van der Waals surface area contributed by atoms with Gasteiger partial charge in [-0.3, -0.25) is 4.79 Å². The zero-order valence-electron chi connectivity index (χ0n) is 12.9. The maximum absolute atomic E-state index is 12.7. The van der Waals surface area contributed by atoms with E-state index in [0.29, 0.717) is 17.3 Å². The van der Waals surface area contributed by atoms with E-state index in [0.717, 1.165) is 24.0 Å². The smallest absolute Gasteiger partial charge is 0.257 e. The molecular weight excluding hydrogens is 330 g/mol. The van der Waals surface area contributed by atoms with Crippen LogP contribution in [0.5, 0.6) is 0 Å². The minimum Gasteiger partial charge on any atom is -0.369 e. The van der Waals surface area contributed by atoms with Crippen LogP contribution in [0.4, 0.5) is 5.82 Å². The molecule has 0 bridgehead atoms. The number of amides is 1. The van der Waals surface area contributed by atoms with Crippen LogP contribution in [-0.2, 0) is 0 Å². The average Bonchev–Trinajstić information content (AvgIpc) is 2.98. The molecule has 1 fully saturated rings. The number of carbonyl (C=O) groups is 1. The summed E-state index contributed by atoms with van der Waals surface area (Å²) in [6, 6.07) is 1.86. The maximum Gasteiger partial charge on any atom is 0.257 e. The van der Waals surface area contributed by atoms with Crippen LogP contribution < -0.4 is 5.32 Å². The van der Waals surface area contributed by atoms with Crippen molar-refractivity contribution in [1.82, 2.24) is 9.88 Å². The highest BCUT2D eigenvalue weighted by Gasteiger charge is 2.22. The summed E-state index contributed by atoms with van der Waals surface area (Å²) < 4.78 is 0.835. The van der Waals surface area contributed by atoms with Crippen molar-refractivity contribution >= 4 is 27.7 Å². The van der Waals surface area contributed by atoms with E-state index >= 15 is 0 Å². The van der Waals surface area contributed by atoms with Gasteiger partial charge in [-0.2, -0.15) is 0 Å². The molecule has 1 aromatic rings. The molecule has 1 N–H and O–H groups in total. The van der Waals surface area contributed by atoms with Crippen molar-refractivity contribution in [2.24, 2.45) is 5.92 Å². The molecule has 116 valence electrons. The molecule has 4 nitrogen and oxygen atoms in total. The molecule has 21 heavy (non-hydrogen) atoms. The van der Waals surface area contributed by atoms with Crippen LogP contribution in [-0.4, -0.2) is 35.9 Å². The fourth-order valence-electron chi connectivity index (χ4n) is 2.86. The van der Waals surface area contributed by atoms with E-state index in [9.17, 15) is 4.79 Å². The van der Waals surface area contributed by atoms with Crippen LogP contribution >= 0.6 is 15.9 Å². The number of nitrogens with one attached hydrogen (secondary N) is 1. The highest BCUT2D eigenvalue weighted by molar-refractivity contribution is 9.10. The summed E-state index contributed by atoms with van der Waals surface area (Å²) in [7, 11) is 1.89. The minimum atomic E-state index is 0.0503. The molecule has 5 heteroatoms. The van der Waals surface area contributed by atoms with E-state index in [1.54, 1.807) is 6.20 Å². The zero-order chi connectivity index (χ0) is 15.2. The Labute approximate surface area is 135 Å². The van der Waals surface area contributed by atoms with Gasteiger partial charge < -0.3 is 10.2 Å². The summed E-state index contributed by atoms with van der Waals surface area (Å²) in [5.41, 5.74) is 0.651. The standard InChI is InChI=1S/C16H24BrN3O/c1-3-8-18-15-14(9-13(17)10-19-15)16(21)20(2)11-12-6-4-5-7-12/h9-10,12H,3-8,11H2,1-2H3,(H,18,19). The van der Waals surface area contributed by atoms with E-state index in [4.69, 9.17) is 0 Å². The molecule has 0 saturated heterocycles. The fraction of sp³-hybridized carbons (Fsp3) is 0.625. The third-order valence-corrected chi connectivity index (χ3v) is 4.41. The predicted octanol–water partition coefficient (Wildman–Crippen LogP) is 3.93. The Balaban J connectivity index is 2.10. The second-order valence-corrected chi connectivity index (χ2v) is 6.73. The van der Waals surface area contributed by atoms with Gasteiger partial charge in [0.1, 0.15) is 5.82 Å². The molecule has 0 radical (unpaired) electrons. The number of hydrogen-bond donors (Lipinski definition) is 1. The van der Waals surface area contributed by atoms with E-state index in [1.165, 1.54) is 25.7 Å². The number of pyridine rings is 1. The summed E-state index contributed by atoms with van der Waals surface area (Å²) in [6.07, 6.45) is 7.82. The second kappa shape index (κ2) is 7.78. The SMILES string of the molecule is CCCNc1ncc(Br)cc1C(=O)N(C)CC1CCCC1. The van der Waals surface area contributed by atoms with Crippen molar-refractivity contribution < 1.29 is 4.79 Å². The zero-order valence-corrected chi connectivity index (χ0v) is 14.4. The van der Waals surface area contributed by atoms with Crippen LogP contribution in [0.1, 0.15) is 49.4 Å². The highest BCUT2D eigenvalue weighted by atomic mass is 79.9. The van der Waals surface area contributed by atoms with Gasteiger partial charge in [0.25, 0.3) is 5.91 Å². The summed E-state index contributed by atoms with van der Waals surface area (Å²) in [5.74, 6) is 1.39. The van der Waals surface area contributed by atoms with Crippen LogP contribution in [0.2, 0.25) is 0 Å². The van der Waals surface area contributed by atoms with Gasteiger partial charge >= 0.3 is 0 Å². The molecule has 0 aliphatic heterocycles. The monoisotopic (exact) mass is 353 g/mol. The number of rotatable bonds is 6. The molecule has 1 aliphatic rings. The Hall–Kier alpha value is -1.10. The molecule has 1 saturated carbocycles. The molecule has 2 rings (SSSR count). The van der Waals surface area contributed by atoms with E-state index < -0.39 is 0 Å². The Morgan fingerprint density at radius 2 is 2.19 bits per heavy atom. The molecule has 1 aromatic heterocycles. The largest absolute Gasteiger partial charge is 0.369 e. The van der Waals surface area contributed by atoms with Crippen LogP contribution in [0, 0.1) is 5.92 Å². The van der Waals surface area contributed by atoms with Crippen molar-refractivity contribution in [3.8, 4) is 0 Å². The van der Waals surface area contributed by atoms with E-state index in [2.05, 4.69) is 33.2 Å². The molecule has 1 amide bonds. The lowest BCUT2D eigenvalue weighted by molar-refractivity contribution is 0.0774. The van der Waals surface area contributed by atoms with Crippen molar-refractivity contribution in [2.75, 3.05) is 25.5 Å². The van der Waals surface area contributed by atoms with Crippen molar-refractivity contribution in [3.05, 3.63) is 22.3 Å². The van der Waals surface area contributed by atoms with Gasteiger partial charge in [-0.05, 0) is 47.2 Å². The maximum atomic E-state index is 12.7. The lowest BCUT2D eigenvalue weighted by Gasteiger charge is -2.22. The third-order valence-electron chi connectivity index (χ3n) is 3.98. The van der Waals surface area contributed by atoms with Crippen LogP contribution in [0.15, 0.2) is 16.7 Å². The van der Waals surface area contributed by atoms with Crippen LogP contribution in [0.3, 0.4) is 0 Å². The normalized spacial score (nSPS) is 15.2. The topological polar surface area (TPSA) is 45.2 Å². The Morgan fingerprint density at radius 1 is 1.48 bits per heavy atom. The minimum absolute atomic E-state index is 0.0503. The summed E-state index contributed by atoms with van der Waals surface area (Å²) in [6.45, 7) is 3.76. The second-order valence-electron chi connectivity index (χ2n) is 5.81. The lowest BCUT2D eigenvalue weighted by atomic mass is 10.1. The molecule has 1 aliphatic carbocycles. The number of carbonyl (C=O) groups excluding carboxylic acids is 1. The van der Waals surface area contributed by atoms with Crippen molar-refractivity contribution in [2.45, 2.75) is 39.0 Å². The Morgan fingerprint density at radius 3 is 2.86 bits per heavy atom. The Kier molecular flexibility index (Phi) is 6.03. The first-order valence-corrected chi connectivity index (χ1v) is 8.56. The van der Waals surface area contributed by atoms with Gasteiger partial charge in [-0.1, -0.05) is 19.8 Å². The van der Waals surface area contributed by atoms with E-state index in [-0.39, 0.29) is 5.91 Å². The first kappa shape index (κ1) is 16.3. The summed E-state index contributed by atoms with van der Waals surface area (Å²) in [4.78, 5) is 18.9. The number of hydrogen-bond acceptors (Lipinski definition) is 3. The Bertz CT molecular complexity index is 486. The number of aromatic nitrogens is 1. The van der Waals surface area contributed by atoms with Gasteiger partial charge in [0.15, 0.2) is 0 Å². The van der Waals surface area contributed by atoms with Crippen LogP contribution in [0.25, 0.3) is 0 Å². The highest BCUT2D eigenvalue weighted by Crippen LogP contribution is 2.26.